The summed E-state index contributed by atoms with van der Waals surface area (Å²) >= 11 is 0. The van der Waals surface area contributed by atoms with Gasteiger partial charge in [-0.3, -0.25) is 0 Å². The van der Waals surface area contributed by atoms with Crippen molar-refractivity contribution in [1.29, 1.82) is 0 Å². The van der Waals surface area contributed by atoms with Crippen LogP contribution in [0.25, 0.3) is 89.6 Å². The lowest BCUT2D eigenvalue weighted by Gasteiger charge is -2.13. The lowest BCUT2D eigenvalue weighted by atomic mass is 9.90. The highest BCUT2D eigenvalue weighted by Crippen LogP contribution is 2.47. The summed E-state index contributed by atoms with van der Waals surface area (Å²) in [6.07, 6.45) is 1.90. The predicted molar refractivity (Wildman–Crippen MR) is 243 cm³/mol. The molecule has 0 unspecified atom stereocenters. The number of nitrogens with zero attached hydrogens (tertiary/aromatic N) is 2. The summed E-state index contributed by atoms with van der Waals surface area (Å²) in [7, 11) is 0. The Morgan fingerprint density at radius 2 is 0.859 bits per heavy atom. The lowest BCUT2D eigenvalue weighted by molar-refractivity contribution is 0.0686. The average molecular weight is 841 g/mol. The van der Waals surface area contributed by atoms with Gasteiger partial charge in [-0.05, 0) is 107 Å². The molecule has 0 spiro atoms. The quantitative estimate of drug-likeness (QED) is 0.0853. The first kappa shape index (κ1) is 39.0. The fourth-order valence-electron chi connectivity index (χ4n) is 8.30. The van der Waals surface area contributed by atoms with Crippen molar-refractivity contribution in [2.24, 2.45) is 0 Å². The van der Waals surface area contributed by atoms with Crippen LogP contribution in [0.5, 0.6) is 0 Å². The molecule has 5 heterocycles. The van der Waals surface area contributed by atoms with Crippen LogP contribution in [0.1, 0.15) is 58.4 Å². The van der Waals surface area contributed by atoms with E-state index in [1.54, 1.807) is 48.5 Å². The van der Waals surface area contributed by atoms with E-state index < -0.39 is 23.9 Å². The summed E-state index contributed by atoms with van der Waals surface area (Å²) < 4.78 is 0. The molecule has 0 radical (unpaired) electrons. The molecule has 5 aromatic carbocycles. The first-order valence-corrected chi connectivity index (χ1v) is 19.9. The number of carboxylic acid groups (broad SMARTS) is 4. The number of carboxylic acids is 4. The van der Waals surface area contributed by atoms with E-state index in [9.17, 15) is 39.6 Å². The van der Waals surface area contributed by atoms with Crippen molar-refractivity contribution in [3.8, 4) is 55.9 Å². The molecule has 308 valence electrons. The fourth-order valence-corrected chi connectivity index (χ4v) is 8.30. The van der Waals surface area contributed by atoms with Crippen molar-refractivity contribution >= 4 is 57.6 Å². The maximum atomic E-state index is 12.2. The predicted octanol–water partition coefficient (Wildman–Crippen LogP) is 11.0. The molecule has 0 saturated heterocycles. The molecule has 6 N–H and O–H groups in total. The number of nitrogens with one attached hydrogen (secondary N) is 2. The SMILES string of the molecule is O=C(O)c1ccc(C2=Cc3cc4ccc(cc5nc(cc6[nH]c(c(-c7ccc(C(=O)O)cc7)c2n3)c(-c2ccc(C(=O)O)cc2)c6-c2ccc(C(=O)O)cc2)-c2ccccc2-5)[nH]4)cc1. The highest BCUT2D eigenvalue weighted by atomic mass is 16.4. The van der Waals surface area contributed by atoms with Crippen molar-refractivity contribution in [2.45, 2.75) is 0 Å². The number of H-pyrrole nitrogens is 2. The Balaban J connectivity index is 1.44. The maximum absolute atomic E-state index is 12.2. The van der Waals surface area contributed by atoms with Gasteiger partial charge in [0.1, 0.15) is 0 Å². The summed E-state index contributed by atoms with van der Waals surface area (Å²) in [5.41, 5.74) is 11.9. The second-order valence-electron chi connectivity index (χ2n) is 15.2. The molecule has 10 rings (SSSR count). The summed E-state index contributed by atoms with van der Waals surface area (Å²) in [6, 6.07) is 43.3. The van der Waals surface area contributed by atoms with E-state index in [2.05, 4.69) is 9.97 Å². The molecule has 12 heteroatoms. The Bertz CT molecular complexity index is 3470. The number of hydrogen-bond acceptors (Lipinski definition) is 6. The van der Waals surface area contributed by atoms with Gasteiger partial charge in [-0.15, -0.1) is 0 Å². The second-order valence-corrected chi connectivity index (χ2v) is 15.2. The normalized spacial score (nSPS) is 11.7. The third-order valence-electron chi connectivity index (χ3n) is 11.3. The minimum absolute atomic E-state index is 0.0556. The highest BCUT2D eigenvalue weighted by molar-refractivity contribution is 6.11. The van der Waals surface area contributed by atoms with Crippen LogP contribution in [0.3, 0.4) is 0 Å². The molecule has 3 aromatic heterocycles. The number of rotatable bonds is 8. The van der Waals surface area contributed by atoms with Gasteiger partial charge in [0.2, 0.25) is 0 Å². The van der Waals surface area contributed by atoms with Gasteiger partial charge in [0.05, 0.1) is 50.5 Å². The number of hydrogen-bond donors (Lipinski definition) is 6. The Morgan fingerprint density at radius 3 is 1.36 bits per heavy atom. The molecule has 64 heavy (non-hydrogen) atoms. The molecule has 0 atom stereocenters. The van der Waals surface area contributed by atoms with E-state index in [1.807, 2.05) is 60.7 Å². The molecule has 8 aromatic rings. The summed E-state index contributed by atoms with van der Waals surface area (Å²) in [4.78, 5) is 66.0. The standard InChI is InChI=1S/C52H32N4O8/c57-49(58)31-13-5-27(6-14-31)40-24-37-23-35-21-22-36(53-35)25-41-38-3-1-2-4-39(38)42(55-41)26-43-44(28-7-15-32(16-8-28)50(59)60)45(29-9-17-33(18-10-29)51(61)62)48(56-43)46(47(40)54-37)30-11-19-34(20-12-30)52(63)64/h1-26,53,56H,(H,57,58)(H,59,60)(H,61,62)(H,63,64). The van der Waals surface area contributed by atoms with Gasteiger partial charge in [0.15, 0.2) is 0 Å². The molecule has 2 aliphatic heterocycles. The zero-order valence-corrected chi connectivity index (χ0v) is 33.3. The van der Waals surface area contributed by atoms with Crippen LogP contribution >= 0.6 is 0 Å². The molecule has 0 saturated carbocycles. The maximum Gasteiger partial charge on any atom is 0.335 e. The van der Waals surface area contributed by atoms with E-state index >= 15 is 0 Å². The molecule has 0 amide bonds. The van der Waals surface area contributed by atoms with E-state index in [-0.39, 0.29) is 22.3 Å². The van der Waals surface area contributed by atoms with Crippen LogP contribution in [0, 0.1) is 0 Å². The van der Waals surface area contributed by atoms with Crippen LogP contribution in [-0.4, -0.2) is 64.2 Å². The number of aromatic amines is 2. The Morgan fingerprint density at radius 1 is 0.422 bits per heavy atom. The number of aromatic carboxylic acids is 4. The lowest BCUT2D eigenvalue weighted by Crippen LogP contribution is -1.98. The topological polar surface area (TPSA) is 207 Å². The van der Waals surface area contributed by atoms with Crippen molar-refractivity contribution in [3.63, 3.8) is 0 Å². The first-order chi connectivity index (χ1) is 31.0. The molecule has 0 aliphatic carbocycles. The second kappa shape index (κ2) is 15.4. The van der Waals surface area contributed by atoms with Gasteiger partial charge in [-0.1, -0.05) is 72.8 Å². The van der Waals surface area contributed by atoms with Crippen molar-refractivity contribution in [1.82, 2.24) is 19.9 Å². The molecule has 8 bridgehead atoms. The van der Waals surface area contributed by atoms with Crippen LogP contribution in [-0.2, 0) is 0 Å². The minimum atomic E-state index is -1.11. The van der Waals surface area contributed by atoms with Gasteiger partial charge in [-0.2, -0.15) is 0 Å². The number of aromatic nitrogens is 4. The molecular formula is C52H32N4O8. The largest absolute Gasteiger partial charge is 0.478 e. The van der Waals surface area contributed by atoms with Crippen LogP contribution < -0.4 is 0 Å². The smallest absolute Gasteiger partial charge is 0.335 e. The Kier molecular flexibility index (Phi) is 9.38. The van der Waals surface area contributed by atoms with E-state index in [0.717, 1.165) is 27.9 Å². The van der Waals surface area contributed by atoms with Gasteiger partial charge >= 0.3 is 23.9 Å². The number of carbonyl (C=O) groups is 4. The van der Waals surface area contributed by atoms with Crippen LogP contribution in [0.4, 0.5) is 0 Å². The minimum Gasteiger partial charge on any atom is -0.478 e. The zero-order valence-electron chi connectivity index (χ0n) is 33.3. The summed E-state index contributed by atoms with van der Waals surface area (Å²) in [6.45, 7) is 0. The Labute approximate surface area is 362 Å². The third kappa shape index (κ3) is 6.96. The van der Waals surface area contributed by atoms with Gasteiger partial charge in [0, 0.05) is 49.9 Å². The van der Waals surface area contributed by atoms with Gasteiger partial charge in [0.25, 0.3) is 0 Å². The molecular weight excluding hydrogens is 809 g/mol. The number of fused-ring (bicyclic) bond motifs is 11. The van der Waals surface area contributed by atoms with E-state index in [4.69, 9.17) is 9.97 Å². The van der Waals surface area contributed by atoms with Crippen molar-refractivity contribution in [2.75, 3.05) is 0 Å². The molecule has 2 aliphatic rings. The summed E-state index contributed by atoms with van der Waals surface area (Å²) in [5, 5.41) is 39.6. The molecule has 0 fully saturated rings. The average Bonchev–Trinajstić information content (AvgIpc) is 4.09. The number of benzene rings is 5. The van der Waals surface area contributed by atoms with Crippen molar-refractivity contribution < 1.29 is 39.6 Å². The van der Waals surface area contributed by atoms with Crippen molar-refractivity contribution in [3.05, 3.63) is 191 Å². The van der Waals surface area contributed by atoms with E-state index in [1.165, 1.54) is 48.5 Å². The van der Waals surface area contributed by atoms with E-state index in [0.29, 0.717) is 72.6 Å². The van der Waals surface area contributed by atoms with Crippen LogP contribution in [0.15, 0.2) is 152 Å². The first-order valence-electron chi connectivity index (χ1n) is 19.9. The highest BCUT2D eigenvalue weighted by Gasteiger charge is 2.26. The molecule has 12 nitrogen and oxygen atoms in total. The van der Waals surface area contributed by atoms with Gasteiger partial charge < -0.3 is 30.4 Å². The van der Waals surface area contributed by atoms with Crippen LogP contribution in [0.2, 0.25) is 0 Å². The Hall–Kier alpha value is -9.16. The van der Waals surface area contributed by atoms with Gasteiger partial charge in [-0.25, -0.2) is 29.1 Å². The monoisotopic (exact) mass is 840 g/mol. The summed E-state index contributed by atoms with van der Waals surface area (Å²) in [5.74, 6) is -4.40. The third-order valence-corrected chi connectivity index (χ3v) is 11.3. The zero-order chi connectivity index (χ0) is 44.2. The fraction of sp³-hybridized carbons (Fsp3) is 0.